The van der Waals surface area contributed by atoms with E-state index in [-0.39, 0.29) is 17.5 Å². The third-order valence-electron chi connectivity index (χ3n) is 4.49. The van der Waals surface area contributed by atoms with Crippen LogP contribution in [0.1, 0.15) is 36.4 Å². The molecule has 3 aromatic rings. The van der Waals surface area contributed by atoms with Crippen molar-refractivity contribution in [3.63, 3.8) is 0 Å². The molecule has 0 aromatic carbocycles. The van der Waals surface area contributed by atoms with Gasteiger partial charge in [-0.2, -0.15) is 5.10 Å². The molecule has 3 heterocycles. The first-order chi connectivity index (χ1) is 12.9. The number of carbonyl (C=O) groups excluding carboxylic acids is 1. The van der Waals surface area contributed by atoms with Crippen molar-refractivity contribution >= 4 is 17.2 Å². The Balaban J connectivity index is 1.82. The average Bonchev–Trinajstić information content (AvgIpc) is 3.17. The quantitative estimate of drug-likeness (QED) is 0.730. The van der Waals surface area contributed by atoms with Crippen molar-refractivity contribution in [2.75, 3.05) is 0 Å². The summed E-state index contributed by atoms with van der Waals surface area (Å²) in [7, 11) is 0. The number of nitrogens with zero attached hydrogens (tertiary/aromatic N) is 3. The fourth-order valence-corrected chi connectivity index (χ4v) is 3.70. The van der Waals surface area contributed by atoms with Crippen molar-refractivity contribution in [3.8, 4) is 21.9 Å². The number of hydrogen-bond acceptors (Lipinski definition) is 6. The highest BCUT2D eigenvalue weighted by molar-refractivity contribution is 7.15. The molecular weight excluding hydrogens is 364 g/mol. The number of nitrogens with one attached hydrogen (secondary N) is 1. The standard InChI is InChI=1S/C19H20N4O3S/c1-10-8-15(26-22-10)14-9-17(24)23(12(3)19(25)20-13-5-6-13)21-18(14)16-7-4-11(2)27-16/h4,7-9,12-13H,5-6H2,1-3H3,(H,20,25). The molecule has 27 heavy (non-hydrogen) atoms. The molecule has 0 radical (unpaired) electrons. The first-order valence-electron chi connectivity index (χ1n) is 8.87. The van der Waals surface area contributed by atoms with Gasteiger partial charge in [0, 0.05) is 23.1 Å². The minimum absolute atomic E-state index is 0.191. The molecule has 1 saturated carbocycles. The highest BCUT2D eigenvalue weighted by Gasteiger charge is 2.28. The Morgan fingerprint density at radius 1 is 1.33 bits per heavy atom. The van der Waals surface area contributed by atoms with Gasteiger partial charge in [0.1, 0.15) is 11.7 Å². The van der Waals surface area contributed by atoms with E-state index in [0.717, 1.165) is 28.3 Å². The van der Waals surface area contributed by atoms with E-state index in [0.29, 0.717) is 17.0 Å². The number of thiophene rings is 1. The van der Waals surface area contributed by atoms with E-state index in [4.69, 9.17) is 4.52 Å². The van der Waals surface area contributed by atoms with E-state index in [1.807, 2.05) is 26.0 Å². The Morgan fingerprint density at radius 2 is 2.11 bits per heavy atom. The van der Waals surface area contributed by atoms with Gasteiger partial charge in [-0.05, 0) is 45.7 Å². The van der Waals surface area contributed by atoms with Crippen molar-refractivity contribution in [2.24, 2.45) is 0 Å². The smallest absolute Gasteiger partial charge is 0.268 e. The van der Waals surface area contributed by atoms with Crippen molar-refractivity contribution in [1.29, 1.82) is 0 Å². The summed E-state index contributed by atoms with van der Waals surface area (Å²) in [5, 5.41) is 11.4. The highest BCUT2D eigenvalue weighted by Crippen LogP contribution is 2.34. The summed E-state index contributed by atoms with van der Waals surface area (Å²) < 4.78 is 6.62. The Labute approximate surface area is 160 Å². The van der Waals surface area contributed by atoms with Gasteiger partial charge in [-0.25, -0.2) is 4.68 Å². The molecular formula is C19H20N4O3S. The predicted octanol–water partition coefficient (Wildman–Crippen LogP) is 3.08. The molecule has 3 aromatic heterocycles. The maximum Gasteiger partial charge on any atom is 0.268 e. The summed E-state index contributed by atoms with van der Waals surface area (Å²) in [6.45, 7) is 5.52. The maximum absolute atomic E-state index is 12.7. The van der Waals surface area contributed by atoms with Gasteiger partial charge in [0.15, 0.2) is 5.76 Å². The van der Waals surface area contributed by atoms with Crippen LogP contribution in [-0.2, 0) is 4.79 Å². The molecule has 140 valence electrons. The van der Waals surface area contributed by atoms with Crippen LogP contribution in [0.3, 0.4) is 0 Å². The van der Waals surface area contributed by atoms with Crippen molar-refractivity contribution in [3.05, 3.63) is 45.2 Å². The SMILES string of the molecule is Cc1cc(-c2cc(=O)n(C(C)C(=O)NC3CC3)nc2-c2ccc(C)s2)on1. The molecule has 8 heteroatoms. The minimum atomic E-state index is -0.691. The molecule has 1 N–H and O–H groups in total. The lowest BCUT2D eigenvalue weighted by molar-refractivity contribution is -0.124. The molecule has 0 saturated heterocycles. The first-order valence-corrected chi connectivity index (χ1v) is 9.69. The third-order valence-corrected chi connectivity index (χ3v) is 5.50. The highest BCUT2D eigenvalue weighted by atomic mass is 32.1. The lowest BCUT2D eigenvalue weighted by atomic mass is 10.1. The number of amides is 1. The van der Waals surface area contributed by atoms with Crippen LogP contribution < -0.4 is 10.9 Å². The topological polar surface area (TPSA) is 90.0 Å². The maximum atomic E-state index is 12.7. The molecule has 0 spiro atoms. The third kappa shape index (κ3) is 3.57. The molecule has 1 aliphatic rings. The van der Waals surface area contributed by atoms with Crippen LogP contribution in [0.5, 0.6) is 0 Å². The Kier molecular flexibility index (Phi) is 4.43. The van der Waals surface area contributed by atoms with E-state index < -0.39 is 6.04 Å². The van der Waals surface area contributed by atoms with Gasteiger partial charge in [-0.3, -0.25) is 9.59 Å². The minimum Gasteiger partial charge on any atom is -0.356 e. The number of aromatic nitrogens is 3. The van der Waals surface area contributed by atoms with Gasteiger partial charge in [-0.15, -0.1) is 11.3 Å². The Morgan fingerprint density at radius 3 is 2.70 bits per heavy atom. The van der Waals surface area contributed by atoms with Crippen LogP contribution in [-0.4, -0.2) is 26.9 Å². The first kappa shape index (κ1) is 17.7. The summed E-state index contributed by atoms with van der Waals surface area (Å²) in [6, 6.07) is 6.73. The second-order valence-electron chi connectivity index (χ2n) is 6.89. The zero-order valence-electron chi connectivity index (χ0n) is 15.4. The van der Waals surface area contributed by atoms with E-state index in [9.17, 15) is 9.59 Å². The lowest BCUT2D eigenvalue weighted by Crippen LogP contribution is -2.38. The molecule has 1 amide bonds. The van der Waals surface area contributed by atoms with Crippen LogP contribution in [0.15, 0.2) is 33.6 Å². The van der Waals surface area contributed by atoms with E-state index in [2.05, 4.69) is 15.6 Å². The van der Waals surface area contributed by atoms with Crippen LogP contribution in [0.2, 0.25) is 0 Å². The lowest BCUT2D eigenvalue weighted by Gasteiger charge is -2.15. The summed E-state index contributed by atoms with van der Waals surface area (Å²) >= 11 is 1.57. The Hall–Kier alpha value is -2.74. The molecule has 1 unspecified atom stereocenters. The molecule has 0 aliphatic heterocycles. The van der Waals surface area contributed by atoms with Gasteiger partial charge in [0.25, 0.3) is 5.56 Å². The summed E-state index contributed by atoms with van der Waals surface area (Å²) in [4.78, 5) is 27.2. The molecule has 1 aliphatic carbocycles. The van der Waals surface area contributed by atoms with Crippen molar-refractivity contribution in [1.82, 2.24) is 20.3 Å². The number of hydrogen-bond donors (Lipinski definition) is 1. The fraction of sp³-hybridized carbons (Fsp3) is 0.368. The zero-order valence-corrected chi connectivity index (χ0v) is 16.2. The summed E-state index contributed by atoms with van der Waals surface area (Å²) in [5.74, 6) is 0.295. The summed E-state index contributed by atoms with van der Waals surface area (Å²) in [5.41, 5.74) is 1.55. The van der Waals surface area contributed by atoms with Crippen LogP contribution >= 0.6 is 11.3 Å². The predicted molar refractivity (Wildman–Crippen MR) is 103 cm³/mol. The van der Waals surface area contributed by atoms with Crippen LogP contribution in [0, 0.1) is 13.8 Å². The molecule has 1 atom stereocenters. The molecule has 1 fully saturated rings. The largest absolute Gasteiger partial charge is 0.356 e. The van der Waals surface area contributed by atoms with E-state index in [1.165, 1.54) is 10.7 Å². The number of carbonyl (C=O) groups is 1. The monoisotopic (exact) mass is 384 g/mol. The molecule has 7 nitrogen and oxygen atoms in total. The van der Waals surface area contributed by atoms with Gasteiger partial charge in [0.2, 0.25) is 5.91 Å². The van der Waals surface area contributed by atoms with Crippen LogP contribution in [0.4, 0.5) is 0 Å². The normalized spacial score (nSPS) is 14.9. The fourth-order valence-electron chi connectivity index (χ4n) is 2.83. The van der Waals surface area contributed by atoms with Gasteiger partial charge in [-0.1, -0.05) is 5.16 Å². The molecule has 0 bridgehead atoms. The number of aryl methyl sites for hydroxylation is 2. The second-order valence-corrected chi connectivity index (χ2v) is 8.18. The average molecular weight is 384 g/mol. The van der Waals surface area contributed by atoms with Crippen molar-refractivity contribution in [2.45, 2.75) is 45.7 Å². The Bertz CT molecular complexity index is 1060. The zero-order chi connectivity index (χ0) is 19.1. The van der Waals surface area contributed by atoms with Gasteiger partial charge in [0.05, 0.1) is 16.1 Å². The van der Waals surface area contributed by atoms with Crippen molar-refractivity contribution < 1.29 is 9.32 Å². The number of rotatable bonds is 5. The molecule has 4 rings (SSSR count). The van der Waals surface area contributed by atoms with Gasteiger partial charge >= 0.3 is 0 Å². The van der Waals surface area contributed by atoms with Crippen LogP contribution in [0.25, 0.3) is 21.9 Å². The second kappa shape index (κ2) is 6.77. The van der Waals surface area contributed by atoms with E-state index in [1.54, 1.807) is 24.3 Å². The van der Waals surface area contributed by atoms with E-state index >= 15 is 0 Å². The van der Waals surface area contributed by atoms with Gasteiger partial charge < -0.3 is 9.84 Å². The summed E-state index contributed by atoms with van der Waals surface area (Å²) in [6.07, 6.45) is 1.98.